The number of carbonyl (C=O) groups excluding carboxylic acids is 16. The number of benzene rings is 6. The van der Waals surface area contributed by atoms with E-state index in [0.717, 1.165) is 124 Å². The van der Waals surface area contributed by atoms with Crippen LogP contribution in [0.5, 0.6) is 0 Å². The van der Waals surface area contributed by atoms with Crippen molar-refractivity contribution in [2.75, 3.05) is 137 Å². The van der Waals surface area contributed by atoms with E-state index in [1.165, 1.54) is 0 Å². The minimum absolute atomic E-state index is 0.0283. The predicted octanol–water partition coefficient (Wildman–Crippen LogP) is 15.6. The van der Waals surface area contributed by atoms with Crippen LogP contribution >= 0.6 is 0 Å². The van der Waals surface area contributed by atoms with E-state index in [4.69, 9.17) is 72.5 Å². The second-order valence-corrected chi connectivity index (χ2v) is 37.2. The van der Waals surface area contributed by atoms with Crippen molar-refractivity contribution in [3.05, 3.63) is 170 Å². The molecule has 6 aliphatic rings. The molecule has 3 heterocycles. The number of amides is 9. The first-order chi connectivity index (χ1) is 71.7. The maximum atomic E-state index is 13.5. The molecule has 802 valence electrons. The molecule has 148 heavy (non-hydrogen) atoms. The minimum atomic E-state index is -1.22. The van der Waals surface area contributed by atoms with Gasteiger partial charge in [0.1, 0.15) is 19.8 Å². The van der Waals surface area contributed by atoms with Crippen molar-refractivity contribution in [2.45, 2.75) is 244 Å². The number of ether oxygens (including phenoxy) is 9. The maximum absolute atomic E-state index is 13.5. The van der Waals surface area contributed by atoms with Crippen LogP contribution in [-0.4, -0.2) is 257 Å². The zero-order valence-electron chi connectivity index (χ0n) is 85.4. The third-order valence-corrected chi connectivity index (χ3v) is 25.5. The van der Waals surface area contributed by atoms with E-state index in [9.17, 15) is 76.7 Å². The summed E-state index contributed by atoms with van der Waals surface area (Å²) < 4.78 is 49.6. The van der Waals surface area contributed by atoms with Crippen LogP contribution in [0.15, 0.2) is 109 Å². The van der Waals surface area contributed by atoms with Gasteiger partial charge in [-0.3, -0.25) is 76.8 Å². The van der Waals surface area contributed by atoms with E-state index in [2.05, 4.69) is 43.6 Å². The number of unbranched alkanes of at least 4 members (excludes halogenated alkanes) is 5. The van der Waals surface area contributed by atoms with Gasteiger partial charge >= 0.3 is 18.5 Å². The Kier molecular flexibility index (Phi) is 50.0. The number of hydroxylamine groups is 6. The van der Waals surface area contributed by atoms with Crippen LogP contribution in [0.1, 0.15) is 318 Å². The summed E-state index contributed by atoms with van der Waals surface area (Å²) in [6.45, 7) is 15.5. The quantitative estimate of drug-likeness (QED) is 0.00679. The Balaban J connectivity index is 0.000000228. The number of nitrogens with one attached hydrogen (secondary N) is 3. The first-order valence-electron chi connectivity index (χ1n) is 51.9. The molecule has 3 saturated heterocycles. The molecule has 3 unspecified atom stereocenters. The largest absolute Gasteiger partial charge is 0.533 e. The van der Waals surface area contributed by atoms with Crippen LogP contribution in [0.25, 0.3) is 33.4 Å². The molecule has 0 saturated carbocycles. The van der Waals surface area contributed by atoms with Gasteiger partial charge in [0, 0.05) is 228 Å². The SMILES string of the molecule is CC(C)CCOCCNC(=O)CCCc1ccc2c(c1)C(COC(=O)ON1C(=O)CCC1=O)c1cccc(C(=O)CCCOCCCCO)c1-2.CCCCOCCCC(=O)c1ccc2c(c1)C(COC(=O)ON1C(=O)CCC1=O)c1cc(C(=O)CCCOCCCCO)ccc1-2.CCCCOCCNC(=O)CCCC(=O)Nc1ccc2c(c1)C(COC(=O)ON1C(=O)CCC1=O)c1cc(C(=O)CCCOCCCCO)ccc1-2. The number of aliphatic hydroxyl groups excluding tert-OH is 3. The lowest BCUT2D eigenvalue weighted by Gasteiger charge is -2.17. The first kappa shape index (κ1) is 117. The van der Waals surface area contributed by atoms with Crippen LogP contribution in [0.3, 0.4) is 0 Å². The van der Waals surface area contributed by atoms with Crippen LogP contribution in [0.2, 0.25) is 0 Å². The Bertz CT molecular complexity index is 5470. The fourth-order valence-corrected chi connectivity index (χ4v) is 17.5. The number of nitrogens with zero attached hydrogens (tertiary/aromatic N) is 3. The summed E-state index contributed by atoms with van der Waals surface area (Å²) in [5.74, 6) is -5.29. The number of imide groups is 3. The van der Waals surface area contributed by atoms with Crippen molar-refractivity contribution in [1.29, 1.82) is 0 Å². The summed E-state index contributed by atoms with van der Waals surface area (Å²) in [6, 6.07) is 33.1. The van der Waals surface area contributed by atoms with Crippen molar-refractivity contribution in [3.63, 3.8) is 0 Å². The first-order valence-corrected chi connectivity index (χ1v) is 51.9. The Morgan fingerprint density at radius 1 is 0.338 bits per heavy atom. The summed E-state index contributed by atoms with van der Waals surface area (Å²) in [5.41, 5.74) is 13.3. The number of Topliss-reactive ketones (excluding diaryl/α,β-unsaturated/α-hetero) is 4. The molecular weight excluding hydrogens is 1910 g/mol. The van der Waals surface area contributed by atoms with E-state index < -0.39 is 71.7 Å². The number of aryl methyl sites for hydroxylation is 1. The summed E-state index contributed by atoms with van der Waals surface area (Å²) in [4.78, 5) is 214. The Hall–Kier alpha value is -12.7. The summed E-state index contributed by atoms with van der Waals surface area (Å²) in [5, 5.41) is 36.5. The van der Waals surface area contributed by atoms with Gasteiger partial charge in [-0.05, 0) is 211 Å². The summed E-state index contributed by atoms with van der Waals surface area (Å²) in [7, 11) is 0. The van der Waals surface area contributed by atoms with Gasteiger partial charge < -0.3 is 73.9 Å². The van der Waals surface area contributed by atoms with Gasteiger partial charge in [-0.15, -0.1) is 0 Å². The maximum Gasteiger partial charge on any atom is 0.533 e. The van der Waals surface area contributed by atoms with Crippen molar-refractivity contribution < 1.29 is 149 Å². The molecule has 37 nitrogen and oxygen atoms in total. The summed E-state index contributed by atoms with van der Waals surface area (Å²) >= 11 is 0. The molecule has 3 aliphatic carbocycles. The highest BCUT2D eigenvalue weighted by molar-refractivity contribution is 6.06. The second-order valence-electron chi connectivity index (χ2n) is 37.2. The van der Waals surface area contributed by atoms with E-state index >= 15 is 0 Å². The van der Waals surface area contributed by atoms with Gasteiger partial charge in [-0.25, -0.2) is 14.4 Å². The zero-order chi connectivity index (χ0) is 106. The van der Waals surface area contributed by atoms with Crippen molar-refractivity contribution in [2.24, 2.45) is 5.92 Å². The third kappa shape index (κ3) is 36.6. The van der Waals surface area contributed by atoms with Gasteiger partial charge in [-0.1, -0.05) is 135 Å². The Morgan fingerprint density at radius 2 is 0.682 bits per heavy atom. The van der Waals surface area contributed by atoms with Crippen molar-refractivity contribution >= 4 is 100 Å². The highest BCUT2D eigenvalue weighted by Gasteiger charge is 2.41. The second kappa shape index (κ2) is 63.2. The smallest absolute Gasteiger partial charge is 0.432 e. The number of carbonyl (C=O) groups is 16. The minimum Gasteiger partial charge on any atom is -0.432 e. The fourth-order valence-electron chi connectivity index (χ4n) is 17.5. The van der Waals surface area contributed by atoms with Crippen molar-refractivity contribution in [3.8, 4) is 33.4 Å². The number of hydrogen-bond acceptors (Lipinski definition) is 31. The van der Waals surface area contributed by atoms with Gasteiger partial charge in [0.2, 0.25) is 17.7 Å². The molecule has 6 aromatic rings. The van der Waals surface area contributed by atoms with E-state index in [-0.39, 0.29) is 145 Å². The van der Waals surface area contributed by atoms with E-state index in [1.54, 1.807) is 54.6 Å². The van der Waals surface area contributed by atoms with Gasteiger partial charge in [0.05, 0.1) is 13.2 Å². The fraction of sp³-hybridized carbons (Fsp3) is 0.532. The number of anilines is 1. The van der Waals surface area contributed by atoms with Crippen molar-refractivity contribution in [1.82, 2.24) is 25.8 Å². The number of aliphatic hydroxyl groups is 3. The number of hydrogen-bond donors (Lipinski definition) is 6. The number of fused-ring (bicyclic) bond motifs is 9. The molecule has 6 N–H and O–H groups in total. The topological polar surface area (TPSA) is 490 Å². The van der Waals surface area contributed by atoms with Crippen LogP contribution in [0.4, 0.5) is 20.1 Å². The van der Waals surface area contributed by atoms with Gasteiger partial charge in [0.15, 0.2) is 23.1 Å². The molecule has 0 radical (unpaired) electrons. The standard InChI is InChI=1S/C38H49N3O11.C38H50N2O10.C35H43NO10/c1-2-3-19-50-22-17-39-34(44)9-6-10-35(45)40-27-12-14-29-28-13-11-26(33(43)8-7-21-49-20-5-4-18-42)23-30(28)32(31(29)24-27)25-51-38(48)52-41-36(46)15-16-37(41)47;1-26(2)17-22-48-23-18-39-34(43)12-5-8-27-13-14-29-31(24-27)32(25-49-38(46)50-40-35(44)15-16-36(40)45)28-9-6-10-30(37(28)29)33(42)11-7-21-47-20-4-3-19-41;1-2-3-17-43-19-6-8-31(38)24-10-12-26-27-13-11-25(32(39)9-7-20-44-18-5-4-16-37)22-29(27)30(28(26)21-24)23-45-35(42)46-36-33(40)14-15-34(36)41/h11-14,23-24,32,42H,2-10,15-22,25H2,1H3,(H,39,44)(H,40,45);6,9-10,13-14,24,26,32,41H,3-5,7-8,11-12,15-23,25H2,1-2H3,(H,39,43);10-13,21-22,30,37H,2-9,14-20,23H2,1H3. The molecule has 12 rings (SSSR count). The average Bonchev–Trinajstić information content (AvgIpc) is 1.54. The Morgan fingerprint density at radius 3 is 1.09 bits per heavy atom. The molecule has 3 aliphatic heterocycles. The highest BCUT2D eigenvalue weighted by atomic mass is 16.8. The lowest BCUT2D eigenvalue weighted by molar-refractivity contribution is -0.177. The predicted molar refractivity (Wildman–Crippen MR) is 541 cm³/mol. The normalized spacial score (nSPS) is 14.9. The molecule has 0 aromatic heterocycles. The van der Waals surface area contributed by atoms with E-state index in [1.807, 2.05) is 54.6 Å². The van der Waals surface area contributed by atoms with Crippen LogP contribution in [0, 0.1) is 5.92 Å². The van der Waals surface area contributed by atoms with Crippen LogP contribution in [-0.2, 0) is 107 Å². The molecular formula is C111H142N6O31. The molecule has 0 spiro atoms. The number of rotatable bonds is 65. The van der Waals surface area contributed by atoms with E-state index in [0.29, 0.717) is 225 Å². The summed E-state index contributed by atoms with van der Waals surface area (Å²) in [6.07, 6.45) is 11.2. The van der Waals surface area contributed by atoms with Crippen LogP contribution < -0.4 is 16.0 Å². The molecule has 6 aromatic carbocycles. The third-order valence-electron chi connectivity index (χ3n) is 25.5. The lowest BCUT2D eigenvalue weighted by atomic mass is 9.93. The monoisotopic (exact) mass is 2050 g/mol. The molecule has 3 atom stereocenters. The average molecular weight is 2060 g/mol. The molecule has 0 bridgehead atoms. The Labute approximate surface area is 862 Å². The van der Waals surface area contributed by atoms with Gasteiger partial charge in [0.25, 0.3) is 35.4 Å². The molecule has 3 fully saturated rings. The zero-order valence-corrected chi connectivity index (χ0v) is 85.4. The van der Waals surface area contributed by atoms with Gasteiger partial charge in [-0.2, -0.15) is 0 Å². The number of ketones is 4. The highest BCUT2D eigenvalue weighted by Crippen LogP contribution is 2.50. The molecule has 37 heteroatoms. The lowest BCUT2D eigenvalue weighted by Crippen LogP contribution is -2.32. The molecule has 9 amide bonds.